The zero-order valence-corrected chi connectivity index (χ0v) is 18.4. The Labute approximate surface area is 188 Å². The van der Waals surface area contributed by atoms with Gasteiger partial charge in [-0.3, -0.25) is 0 Å². The lowest BCUT2D eigenvalue weighted by atomic mass is 10.2. The van der Waals surface area contributed by atoms with E-state index in [0.717, 1.165) is 26.2 Å². The number of aryl methyl sites for hydroxylation is 2. The Balaban J connectivity index is 1.52. The van der Waals surface area contributed by atoms with Crippen molar-refractivity contribution in [2.45, 2.75) is 13.8 Å². The minimum Gasteiger partial charge on any atom is -0.418 e. The first-order valence-corrected chi connectivity index (χ1v) is 10.5. The van der Waals surface area contributed by atoms with Gasteiger partial charge in [0.1, 0.15) is 11.6 Å². The maximum absolute atomic E-state index is 15.1. The van der Waals surface area contributed by atoms with Crippen LogP contribution in [0.4, 0.5) is 26.3 Å². The number of nitrogens with one attached hydrogen (secondary N) is 2. The Hall–Kier alpha value is -3.73. The standard InChI is InChI=1S/C22H23F2N7O2/c1-12-8-14-16(25-12)10-15(23)21(20(14)24)32-22-27-17(26-19-9-13(2)29-33-19)11-18(28-22)31-6-4-30(3)5-7-31/h8-11,25H,4-7H2,1-3H3,(H,26,27,28). The van der Waals surface area contributed by atoms with Crippen LogP contribution < -0.4 is 15.0 Å². The molecule has 0 atom stereocenters. The molecule has 0 aliphatic carbocycles. The Morgan fingerprint density at radius 2 is 1.85 bits per heavy atom. The first kappa shape index (κ1) is 21.1. The molecule has 0 saturated carbocycles. The predicted molar refractivity (Wildman–Crippen MR) is 119 cm³/mol. The number of H-pyrrole nitrogens is 1. The van der Waals surface area contributed by atoms with Crippen molar-refractivity contribution in [1.29, 1.82) is 0 Å². The Bertz CT molecular complexity index is 1310. The number of benzene rings is 1. The fraction of sp³-hybridized carbons (Fsp3) is 0.318. The van der Waals surface area contributed by atoms with Crippen molar-refractivity contribution in [2.24, 2.45) is 0 Å². The number of fused-ring (bicyclic) bond motifs is 1. The summed E-state index contributed by atoms with van der Waals surface area (Å²) in [6.07, 6.45) is 0. The van der Waals surface area contributed by atoms with Gasteiger partial charge in [0.2, 0.25) is 11.6 Å². The number of aromatic nitrogens is 4. The maximum atomic E-state index is 15.1. The summed E-state index contributed by atoms with van der Waals surface area (Å²) in [6, 6.07) is 6.05. The van der Waals surface area contributed by atoms with E-state index in [0.29, 0.717) is 34.4 Å². The van der Waals surface area contributed by atoms with Crippen molar-refractivity contribution in [3.63, 3.8) is 0 Å². The average molecular weight is 455 g/mol. The Morgan fingerprint density at radius 1 is 1.06 bits per heavy atom. The van der Waals surface area contributed by atoms with E-state index in [1.807, 2.05) is 0 Å². The predicted octanol–water partition coefficient (Wildman–Crippen LogP) is 4.13. The molecule has 1 aromatic carbocycles. The van der Waals surface area contributed by atoms with Crippen molar-refractivity contribution in [3.05, 3.63) is 47.3 Å². The van der Waals surface area contributed by atoms with E-state index in [-0.39, 0.29) is 11.4 Å². The number of hydrogen-bond donors (Lipinski definition) is 2. The molecule has 4 aromatic rings. The number of aromatic amines is 1. The highest BCUT2D eigenvalue weighted by atomic mass is 19.1. The van der Waals surface area contributed by atoms with Crippen LogP contribution in [0.3, 0.4) is 0 Å². The molecule has 2 N–H and O–H groups in total. The SMILES string of the molecule is Cc1cc(Nc2cc(N3CCN(C)CC3)nc(Oc3c(F)cc4[nH]c(C)cc4c3F)n2)on1. The van der Waals surface area contributed by atoms with Gasteiger partial charge in [-0.15, -0.1) is 0 Å². The van der Waals surface area contributed by atoms with Crippen molar-refractivity contribution in [3.8, 4) is 11.8 Å². The first-order valence-electron chi connectivity index (χ1n) is 10.5. The second kappa shape index (κ2) is 8.32. The monoisotopic (exact) mass is 455 g/mol. The van der Waals surface area contributed by atoms with Gasteiger partial charge in [0.05, 0.1) is 11.2 Å². The topological polar surface area (TPSA) is 95.3 Å². The summed E-state index contributed by atoms with van der Waals surface area (Å²) in [7, 11) is 2.05. The fourth-order valence-electron chi connectivity index (χ4n) is 3.78. The fourth-order valence-corrected chi connectivity index (χ4v) is 3.78. The minimum absolute atomic E-state index is 0.186. The molecule has 33 heavy (non-hydrogen) atoms. The van der Waals surface area contributed by atoms with Gasteiger partial charge >= 0.3 is 6.01 Å². The van der Waals surface area contributed by atoms with E-state index in [4.69, 9.17) is 9.26 Å². The van der Waals surface area contributed by atoms with E-state index in [9.17, 15) is 4.39 Å². The summed E-state index contributed by atoms with van der Waals surface area (Å²) in [5.74, 6) is -0.920. The summed E-state index contributed by atoms with van der Waals surface area (Å²) in [5.41, 5.74) is 1.76. The number of likely N-dealkylation sites (N-methyl/N-ethyl adjacent to an activating group) is 1. The van der Waals surface area contributed by atoms with Gasteiger partial charge in [0, 0.05) is 55.5 Å². The normalized spacial score (nSPS) is 14.8. The molecule has 0 unspecified atom stereocenters. The van der Waals surface area contributed by atoms with Gasteiger partial charge < -0.3 is 29.4 Å². The molecule has 0 radical (unpaired) electrons. The molecule has 0 amide bonds. The Kier molecular flexibility index (Phi) is 5.33. The molecule has 0 bridgehead atoms. The molecule has 9 nitrogen and oxygen atoms in total. The molecule has 4 heterocycles. The largest absolute Gasteiger partial charge is 0.418 e. The van der Waals surface area contributed by atoms with Crippen LogP contribution in [0.1, 0.15) is 11.4 Å². The second-order valence-corrected chi connectivity index (χ2v) is 8.16. The molecule has 172 valence electrons. The zero-order valence-electron chi connectivity index (χ0n) is 18.4. The third kappa shape index (κ3) is 4.31. The van der Waals surface area contributed by atoms with Crippen LogP contribution in [0.25, 0.3) is 10.9 Å². The van der Waals surface area contributed by atoms with E-state index in [1.54, 1.807) is 32.0 Å². The van der Waals surface area contributed by atoms with Gasteiger partial charge in [-0.25, -0.2) is 8.78 Å². The number of hydrogen-bond acceptors (Lipinski definition) is 8. The van der Waals surface area contributed by atoms with Gasteiger partial charge in [-0.2, -0.15) is 9.97 Å². The molecular formula is C22H23F2N7O2. The smallest absolute Gasteiger partial charge is 0.326 e. The zero-order chi connectivity index (χ0) is 23.1. The maximum Gasteiger partial charge on any atom is 0.326 e. The third-order valence-corrected chi connectivity index (χ3v) is 5.50. The summed E-state index contributed by atoms with van der Waals surface area (Å²) in [5, 5.41) is 7.09. The van der Waals surface area contributed by atoms with Gasteiger partial charge in [-0.05, 0) is 27.0 Å². The van der Waals surface area contributed by atoms with Crippen molar-refractivity contribution in [1.82, 2.24) is 25.0 Å². The Morgan fingerprint density at radius 3 is 2.58 bits per heavy atom. The average Bonchev–Trinajstić information content (AvgIpc) is 3.36. The molecular weight excluding hydrogens is 432 g/mol. The van der Waals surface area contributed by atoms with Crippen LogP contribution in [0.5, 0.6) is 11.8 Å². The molecule has 1 aliphatic rings. The first-order chi connectivity index (χ1) is 15.9. The van der Waals surface area contributed by atoms with Gasteiger partial charge in [0.15, 0.2) is 11.6 Å². The summed E-state index contributed by atoms with van der Waals surface area (Å²) >= 11 is 0. The minimum atomic E-state index is -0.851. The molecule has 11 heteroatoms. The molecule has 0 spiro atoms. The number of piperazine rings is 1. The summed E-state index contributed by atoms with van der Waals surface area (Å²) < 4.78 is 40.6. The highest BCUT2D eigenvalue weighted by Crippen LogP contribution is 2.34. The molecule has 1 saturated heterocycles. The van der Waals surface area contributed by atoms with Crippen LogP contribution >= 0.6 is 0 Å². The summed E-state index contributed by atoms with van der Waals surface area (Å²) in [6.45, 7) is 6.76. The number of anilines is 3. The lowest BCUT2D eigenvalue weighted by molar-refractivity contribution is 0.311. The van der Waals surface area contributed by atoms with E-state index < -0.39 is 17.4 Å². The number of ether oxygens (including phenoxy) is 1. The molecule has 1 fully saturated rings. The van der Waals surface area contributed by atoms with Crippen molar-refractivity contribution in [2.75, 3.05) is 43.4 Å². The van der Waals surface area contributed by atoms with E-state index in [2.05, 4.69) is 42.3 Å². The molecule has 5 rings (SSSR count). The van der Waals surface area contributed by atoms with Crippen LogP contribution in [0.15, 0.2) is 28.8 Å². The molecule has 3 aromatic heterocycles. The second-order valence-electron chi connectivity index (χ2n) is 8.16. The number of rotatable bonds is 5. The lowest BCUT2D eigenvalue weighted by Gasteiger charge is -2.33. The highest BCUT2D eigenvalue weighted by Gasteiger charge is 2.22. The number of nitrogens with zero attached hydrogens (tertiary/aromatic N) is 5. The van der Waals surface area contributed by atoms with E-state index >= 15 is 4.39 Å². The third-order valence-electron chi connectivity index (χ3n) is 5.50. The number of halogens is 2. The van der Waals surface area contributed by atoms with E-state index in [1.165, 1.54) is 6.07 Å². The van der Waals surface area contributed by atoms with Crippen molar-refractivity contribution < 1.29 is 18.0 Å². The highest BCUT2D eigenvalue weighted by molar-refractivity contribution is 5.83. The lowest BCUT2D eigenvalue weighted by Crippen LogP contribution is -2.44. The van der Waals surface area contributed by atoms with Crippen LogP contribution in [0.2, 0.25) is 0 Å². The van der Waals surface area contributed by atoms with Crippen LogP contribution in [-0.4, -0.2) is 58.2 Å². The quantitative estimate of drug-likeness (QED) is 0.464. The van der Waals surface area contributed by atoms with Crippen LogP contribution in [-0.2, 0) is 0 Å². The summed E-state index contributed by atoms with van der Waals surface area (Å²) in [4.78, 5) is 15.9. The van der Waals surface area contributed by atoms with Crippen LogP contribution in [0, 0.1) is 25.5 Å². The van der Waals surface area contributed by atoms with Crippen molar-refractivity contribution >= 4 is 28.4 Å². The van der Waals surface area contributed by atoms with Gasteiger partial charge in [-0.1, -0.05) is 5.16 Å². The van der Waals surface area contributed by atoms with Gasteiger partial charge in [0.25, 0.3) is 0 Å². The molecule has 1 aliphatic heterocycles.